The van der Waals surface area contributed by atoms with Gasteiger partial charge in [0.25, 0.3) is 5.91 Å². The molecule has 1 fully saturated rings. The second-order valence-corrected chi connectivity index (χ2v) is 9.82. The number of hydrogen-bond acceptors (Lipinski definition) is 4. The molecule has 1 N–H and O–H groups in total. The summed E-state index contributed by atoms with van der Waals surface area (Å²) in [6.45, 7) is 8.59. The minimum atomic E-state index is -0.682. The number of carbonyl (C=O) groups is 2. The summed E-state index contributed by atoms with van der Waals surface area (Å²) < 4.78 is 5.73. The Morgan fingerprint density at radius 3 is 2.50 bits per heavy atom. The molecule has 1 aromatic rings. The second kappa shape index (κ2) is 10.7. The van der Waals surface area contributed by atoms with Crippen LogP contribution >= 0.6 is 23.2 Å². The molecule has 168 valence electrons. The number of benzene rings is 1. The first-order valence-electron chi connectivity index (χ1n) is 10.3. The molecule has 1 aliphatic heterocycles. The van der Waals surface area contributed by atoms with E-state index in [2.05, 4.69) is 24.1 Å². The molecule has 6 nitrogen and oxygen atoms in total. The van der Waals surface area contributed by atoms with Gasteiger partial charge < -0.3 is 19.9 Å². The average molecular weight is 458 g/mol. The predicted octanol–water partition coefficient (Wildman–Crippen LogP) is 3.70. The number of nitrogens with zero attached hydrogens (tertiary/aromatic N) is 2. The molecule has 30 heavy (non-hydrogen) atoms. The molecule has 0 aliphatic carbocycles. The minimum Gasteiger partial charge on any atom is -0.479 e. The highest BCUT2D eigenvalue weighted by Gasteiger charge is 2.31. The lowest BCUT2D eigenvalue weighted by Gasteiger charge is -2.34. The van der Waals surface area contributed by atoms with Gasteiger partial charge in [-0.2, -0.15) is 0 Å². The monoisotopic (exact) mass is 457 g/mol. The smallest absolute Gasteiger partial charge is 0.263 e. The number of piperidine rings is 1. The Morgan fingerprint density at radius 1 is 1.27 bits per heavy atom. The number of halogens is 2. The number of rotatable bonds is 8. The number of hydrogen-bond donors (Lipinski definition) is 1. The topological polar surface area (TPSA) is 61.9 Å². The first-order chi connectivity index (χ1) is 14.0. The van der Waals surface area contributed by atoms with Crippen molar-refractivity contribution >= 4 is 35.0 Å². The zero-order valence-corrected chi connectivity index (χ0v) is 20.0. The summed E-state index contributed by atoms with van der Waals surface area (Å²) >= 11 is 12.1. The highest BCUT2D eigenvalue weighted by molar-refractivity contribution is 6.42. The van der Waals surface area contributed by atoms with Gasteiger partial charge in [-0.3, -0.25) is 9.59 Å². The fourth-order valence-corrected chi connectivity index (χ4v) is 4.15. The Labute approximate surface area is 189 Å². The third-order valence-corrected chi connectivity index (χ3v) is 6.03. The first-order valence-corrected chi connectivity index (χ1v) is 11.1. The summed E-state index contributed by atoms with van der Waals surface area (Å²) in [5, 5.41) is 3.77. The van der Waals surface area contributed by atoms with E-state index in [4.69, 9.17) is 27.9 Å². The van der Waals surface area contributed by atoms with Crippen molar-refractivity contribution < 1.29 is 14.3 Å². The van der Waals surface area contributed by atoms with Crippen molar-refractivity contribution in [2.75, 3.05) is 40.3 Å². The third kappa shape index (κ3) is 7.03. The summed E-state index contributed by atoms with van der Waals surface area (Å²) in [5.74, 6) is 0.281. The molecule has 2 amide bonds. The fourth-order valence-electron chi connectivity index (χ4n) is 3.82. The Balaban J connectivity index is 1.82. The van der Waals surface area contributed by atoms with Gasteiger partial charge in [0.05, 0.1) is 5.02 Å². The van der Waals surface area contributed by atoms with Gasteiger partial charge >= 0.3 is 0 Å². The van der Waals surface area contributed by atoms with Gasteiger partial charge in [-0.05, 0) is 51.4 Å². The first kappa shape index (κ1) is 24.8. The maximum atomic E-state index is 12.8. The average Bonchev–Trinajstić information content (AvgIpc) is 2.68. The van der Waals surface area contributed by atoms with Crippen molar-refractivity contribution in [1.29, 1.82) is 0 Å². The Kier molecular flexibility index (Phi) is 8.83. The Hall–Kier alpha value is -1.50. The van der Waals surface area contributed by atoms with Crippen LogP contribution < -0.4 is 10.1 Å². The molecule has 1 aliphatic rings. The van der Waals surface area contributed by atoms with Crippen molar-refractivity contribution in [3.63, 3.8) is 0 Å². The van der Waals surface area contributed by atoms with Crippen molar-refractivity contribution in [2.24, 2.45) is 11.3 Å². The van der Waals surface area contributed by atoms with Crippen LogP contribution in [0, 0.1) is 11.3 Å². The van der Waals surface area contributed by atoms with Crippen LogP contribution in [0.25, 0.3) is 0 Å². The van der Waals surface area contributed by atoms with E-state index in [1.165, 1.54) is 0 Å². The number of carbonyl (C=O) groups excluding carboxylic acids is 2. The lowest BCUT2D eigenvalue weighted by atomic mass is 9.91. The van der Waals surface area contributed by atoms with E-state index in [0.717, 1.165) is 6.54 Å². The van der Waals surface area contributed by atoms with Crippen LogP contribution in [-0.2, 0) is 9.59 Å². The molecule has 1 atom stereocenters. The summed E-state index contributed by atoms with van der Waals surface area (Å²) in [5.41, 5.74) is 0.00417. The van der Waals surface area contributed by atoms with E-state index < -0.39 is 6.10 Å². The summed E-state index contributed by atoms with van der Waals surface area (Å²) in [4.78, 5) is 29.2. The van der Waals surface area contributed by atoms with E-state index >= 15 is 0 Å². The molecule has 0 aromatic heterocycles. The molecule has 1 aromatic carbocycles. The zero-order chi connectivity index (χ0) is 22.5. The van der Waals surface area contributed by atoms with Gasteiger partial charge in [0.15, 0.2) is 6.10 Å². The molecule has 1 unspecified atom stereocenters. The Bertz CT molecular complexity index is 747. The maximum absolute atomic E-state index is 12.8. The Morgan fingerprint density at radius 2 is 1.90 bits per heavy atom. The van der Waals surface area contributed by atoms with Crippen molar-refractivity contribution in [2.45, 2.75) is 39.7 Å². The lowest BCUT2D eigenvalue weighted by Crippen LogP contribution is -2.48. The number of amides is 2. The maximum Gasteiger partial charge on any atom is 0.263 e. The van der Waals surface area contributed by atoms with Crippen LogP contribution in [0.3, 0.4) is 0 Å². The van der Waals surface area contributed by atoms with Crippen molar-refractivity contribution in [3.8, 4) is 5.75 Å². The summed E-state index contributed by atoms with van der Waals surface area (Å²) in [6.07, 6.45) is 0.616. The molecule has 2 rings (SSSR count). The minimum absolute atomic E-state index is 0.00417. The molecule has 0 bridgehead atoms. The van der Waals surface area contributed by atoms with Crippen LogP contribution in [0.4, 0.5) is 0 Å². The zero-order valence-electron chi connectivity index (χ0n) is 18.5. The molecule has 0 radical (unpaired) electrons. The van der Waals surface area contributed by atoms with Crippen LogP contribution in [-0.4, -0.2) is 68.0 Å². The SMILES string of the molecule is CC(Oc1cccc(Cl)c1Cl)C(=O)N1CCC(C(=O)NCC(C)(C)CN(C)C)CC1. The second-order valence-electron chi connectivity index (χ2n) is 9.03. The van der Waals surface area contributed by atoms with Gasteiger partial charge in [-0.25, -0.2) is 0 Å². The van der Waals surface area contributed by atoms with Gasteiger partial charge in [0.1, 0.15) is 10.8 Å². The standard InChI is InChI=1S/C22H33Cl2N3O3/c1-15(30-18-8-6-7-17(23)19(18)24)21(29)27-11-9-16(10-12-27)20(28)25-13-22(2,3)14-26(4)5/h6-8,15-16H,9-14H2,1-5H3,(H,25,28). The van der Waals surface area contributed by atoms with Gasteiger partial charge in [-0.1, -0.05) is 43.1 Å². The van der Waals surface area contributed by atoms with E-state index in [1.807, 2.05) is 14.1 Å². The number of likely N-dealkylation sites (tertiary alicyclic amines) is 1. The van der Waals surface area contributed by atoms with Crippen molar-refractivity contribution in [1.82, 2.24) is 15.1 Å². The quantitative estimate of drug-likeness (QED) is 0.646. The largest absolute Gasteiger partial charge is 0.479 e. The van der Waals surface area contributed by atoms with Crippen LogP contribution in [0.15, 0.2) is 18.2 Å². The molecule has 1 saturated heterocycles. The molecule has 8 heteroatoms. The number of nitrogens with one attached hydrogen (secondary N) is 1. The van der Waals surface area contributed by atoms with Crippen LogP contribution in [0.2, 0.25) is 10.0 Å². The molecular formula is C22H33Cl2N3O3. The van der Waals surface area contributed by atoms with E-state index in [-0.39, 0.29) is 23.1 Å². The summed E-state index contributed by atoms with van der Waals surface area (Å²) in [6, 6.07) is 5.08. The van der Waals surface area contributed by atoms with E-state index in [0.29, 0.717) is 48.3 Å². The van der Waals surface area contributed by atoms with E-state index in [9.17, 15) is 9.59 Å². The van der Waals surface area contributed by atoms with Gasteiger partial charge in [0, 0.05) is 32.1 Å². The normalized spacial score (nSPS) is 16.5. The van der Waals surface area contributed by atoms with Crippen molar-refractivity contribution in [3.05, 3.63) is 28.2 Å². The van der Waals surface area contributed by atoms with E-state index in [1.54, 1.807) is 30.0 Å². The molecular weight excluding hydrogens is 425 g/mol. The summed E-state index contributed by atoms with van der Waals surface area (Å²) in [7, 11) is 4.06. The molecule has 0 spiro atoms. The molecule has 1 heterocycles. The highest BCUT2D eigenvalue weighted by Crippen LogP contribution is 2.32. The third-order valence-electron chi connectivity index (χ3n) is 5.23. The fraction of sp³-hybridized carbons (Fsp3) is 0.636. The predicted molar refractivity (Wildman–Crippen MR) is 121 cm³/mol. The van der Waals surface area contributed by atoms with Gasteiger partial charge in [-0.15, -0.1) is 0 Å². The van der Waals surface area contributed by atoms with Crippen LogP contribution in [0.1, 0.15) is 33.6 Å². The van der Waals surface area contributed by atoms with Gasteiger partial charge in [0.2, 0.25) is 5.91 Å². The number of ether oxygens (including phenoxy) is 1. The molecule has 0 saturated carbocycles. The lowest BCUT2D eigenvalue weighted by molar-refractivity contribution is -0.141. The highest BCUT2D eigenvalue weighted by atomic mass is 35.5. The van der Waals surface area contributed by atoms with Crippen LogP contribution in [0.5, 0.6) is 5.75 Å².